The lowest BCUT2D eigenvalue weighted by Crippen LogP contribution is -2.46. The number of aromatic nitrogens is 1. The fourth-order valence-corrected chi connectivity index (χ4v) is 2.72. The standard InChI is InChI=1S/C14H17F3N2O3/c15-14(16,17)13(21)4-1-6-19(7-5-13)12(20)10-8-11(22-18-10)9-2-3-9/h8-9,21H,1-7H2. The molecule has 1 aromatic rings. The van der Waals surface area contributed by atoms with Gasteiger partial charge in [-0.15, -0.1) is 0 Å². The van der Waals surface area contributed by atoms with Crippen molar-refractivity contribution in [1.29, 1.82) is 0 Å². The Balaban J connectivity index is 1.68. The maximum Gasteiger partial charge on any atom is 0.417 e. The summed E-state index contributed by atoms with van der Waals surface area (Å²) in [7, 11) is 0. The fourth-order valence-electron chi connectivity index (χ4n) is 2.72. The van der Waals surface area contributed by atoms with Crippen LogP contribution in [0.1, 0.15) is 54.3 Å². The Morgan fingerprint density at radius 2 is 2.09 bits per heavy atom. The van der Waals surface area contributed by atoms with E-state index in [0.29, 0.717) is 11.7 Å². The van der Waals surface area contributed by atoms with Gasteiger partial charge in [-0.25, -0.2) is 0 Å². The highest BCUT2D eigenvalue weighted by atomic mass is 19.4. The number of aliphatic hydroxyl groups is 1. The summed E-state index contributed by atoms with van der Waals surface area (Å²) < 4.78 is 43.7. The molecule has 1 aliphatic carbocycles. The molecule has 1 saturated carbocycles. The maximum absolute atomic E-state index is 12.9. The van der Waals surface area contributed by atoms with E-state index in [1.165, 1.54) is 4.90 Å². The molecule has 22 heavy (non-hydrogen) atoms. The average molecular weight is 318 g/mol. The molecule has 0 spiro atoms. The van der Waals surface area contributed by atoms with E-state index in [-0.39, 0.29) is 25.2 Å². The molecule has 1 aromatic heterocycles. The van der Waals surface area contributed by atoms with E-state index < -0.39 is 30.5 Å². The summed E-state index contributed by atoms with van der Waals surface area (Å²) in [6, 6.07) is 1.57. The second-order valence-electron chi connectivity index (χ2n) is 6.06. The van der Waals surface area contributed by atoms with Crippen LogP contribution in [0.3, 0.4) is 0 Å². The Morgan fingerprint density at radius 1 is 1.36 bits per heavy atom. The van der Waals surface area contributed by atoms with Gasteiger partial charge < -0.3 is 14.5 Å². The lowest BCUT2D eigenvalue weighted by molar-refractivity contribution is -0.263. The highest BCUT2D eigenvalue weighted by Gasteiger charge is 2.53. The third-order valence-corrected chi connectivity index (χ3v) is 4.36. The van der Waals surface area contributed by atoms with Crippen molar-refractivity contribution in [3.63, 3.8) is 0 Å². The van der Waals surface area contributed by atoms with E-state index in [2.05, 4.69) is 5.16 Å². The van der Waals surface area contributed by atoms with Crippen LogP contribution < -0.4 is 0 Å². The summed E-state index contributed by atoms with van der Waals surface area (Å²) in [4.78, 5) is 13.6. The summed E-state index contributed by atoms with van der Waals surface area (Å²) in [6.45, 7) is 0.0172. The van der Waals surface area contributed by atoms with E-state index in [1.54, 1.807) is 6.07 Å². The third kappa shape index (κ3) is 2.84. The first-order valence-electron chi connectivity index (χ1n) is 7.35. The van der Waals surface area contributed by atoms with Crippen LogP contribution in [0.25, 0.3) is 0 Å². The molecule has 1 atom stereocenters. The van der Waals surface area contributed by atoms with E-state index in [1.807, 2.05) is 0 Å². The number of amides is 1. The van der Waals surface area contributed by atoms with Crippen molar-refractivity contribution in [3.05, 3.63) is 17.5 Å². The summed E-state index contributed by atoms with van der Waals surface area (Å²) in [5.41, 5.74) is -2.59. The first kappa shape index (κ1) is 15.3. The van der Waals surface area contributed by atoms with Gasteiger partial charge in [-0.1, -0.05) is 5.16 Å². The SMILES string of the molecule is O=C(c1cc(C2CC2)on1)N1CCCC(O)(C(F)(F)F)CC1. The first-order chi connectivity index (χ1) is 10.3. The molecular formula is C14H17F3N2O3. The Morgan fingerprint density at radius 3 is 2.73 bits per heavy atom. The highest BCUT2D eigenvalue weighted by molar-refractivity contribution is 5.92. The van der Waals surface area contributed by atoms with Crippen molar-refractivity contribution >= 4 is 5.91 Å². The number of carbonyl (C=O) groups excluding carboxylic acids is 1. The van der Waals surface area contributed by atoms with Crippen LogP contribution >= 0.6 is 0 Å². The summed E-state index contributed by atoms with van der Waals surface area (Å²) in [5.74, 6) is 0.528. The number of hydrogen-bond donors (Lipinski definition) is 1. The molecule has 1 saturated heterocycles. The topological polar surface area (TPSA) is 66.6 Å². The van der Waals surface area contributed by atoms with Crippen molar-refractivity contribution in [2.75, 3.05) is 13.1 Å². The van der Waals surface area contributed by atoms with Gasteiger partial charge in [0.05, 0.1) is 0 Å². The molecule has 0 radical (unpaired) electrons. The largest absolute Gasteiger partial charge is 0.417 e. The van der Waals surface area contributed by atoms with Crippen LogP contribution in [0.5, 0.6) is 0 Å². The molecule has 8 heteroatoms. The molecule has 1 aliphatic heterocycles. The second-order valence-corrected chi connectivity index (χ2v) is 6.06. The molecule has 2 aliphatic rings. The minimum Gasteiger partial charge on any atom is -0.380 e. The molecule has 1 amide bonds. The lowest BCUT2D eigenvalue weighted by atomic mass is 9.94. The molecule has 2 fully saturated rings. The van der Waals surface area contributed by atoms with E-state index >= 15 is 0 Å². The van der Waals surface area contributed by atoms with Crippen molar-refractivity contribution in [2.24, 2.45) is 0 Å². The van der Waals surface area contributed by atoms with Gasteiger partial charge in [0.2, 0.25) is 0 Å². The first-order valence-corrected chi connectivity index (χ1v) is 7.35. The molecule has 1 N–H and O–H groups in total. The minimum absolute atomic E-state index is 0.0923. The Bertz CT molecular complexity index is 568. The number of likely N-dealkylation sites (tertiary alicyclic amines) is 1. The summed E-state index contributed by atoms with van der Waals surface area (Å²) in [5, 5.41) is 13.5. The molecule has 122 valence electrons. The number of nitrogens with zero attached hydrogens (tertiary/aromatic N) is 2. The zero-order chi connectivity index (χ0) is 16.0. The van der Waals surface area contributed by atoms with Gasteiger partial charge in [-0.2, -0.15) is 13.2 Å². The number of rotatable bonds is 2. The monoisotopic (exact) mass is 318 g/mol. The average Bonchev–Trinajstić information content (AvgIpc) is 3.21. The van der Waals surface area contributed by atoms with Gasteiger partial charge in [-0.3, -0.25) is 4.79 Å². The smallest absolute Gasteiger partial charge is 0.380 e. The van der Waals surface area contributed by atoms with Crippen LogP contribution in [-0.2, 0) is 0 Å². The molecule has 0 aromatic carbocycles. The zero-order valence-corrected chi connectivity index (χ0v) is 11.9. The Hall–Kier alpha value is -1.57. The molecule has 1 unspecified atom stereocenters. The minimum atomic E-state index is -4.68. The Kier molecular flexibility index (Phi) is 3.66. The fraction of sp³-hybridized carbons (Fsp3) is 0.714. The van der Waals surface area contributed by atoms with Crippen molar-refractivity contribution in [2.45, 2.75) is 49.8 Å². The number of hydrogen-bond acceptors (Lipinski definition) is 4. The van der Waals surface area contributed by atoms with Gasteiger partial charge in [0.1, 0.15) is 5.76 Å². The second kappa shape index (κ2) is 5.26. The maximum atomic E-state index is 12.9. The predicted octanol–water partition coefficient (Wildman–Crippen LogP) is 2.47. The van der Waals surface area contributed by atoms with Gasteiger partial charge >= 0.3 is 6.18 Å². The van der Waals surface area contributed by atoms with Crippen LogP contribution in [-0.4, -0.2) is 45.9 Å². The molecule has 3 rings (SSSR count). The van der Waals surface area contributed by atoms with E-state index in [0.717, 1.165) is 12.8 Å². The van der Waals surface area contributed by atoms with E-state index in [9.17, 15) is 23.1 Å². The van der Waals surface area contributed by atoms with E-state index in [4.69, 9.17) is 4.52 Å². The number of carbonyl (C=O) groups is 1. The van der Waals surface area contributed by atoms with Gasteiger partial charge in [0.25, 0.3) is 5.91 Å². The van der Waals surface area contributed by atoms with Gasteiger partial charge in [0.15, 0.2) is 11.3 Å². The van der Waals surface area contributed by atoms with Crippen LogP contribution in [0.4, 0.5) is 13.2 Å². The van der Waals surface area contributed by atoms with Gasteiger partial charge in [-0.05, 0) is 25.7 Å². The van der Waals surface area contributed by atoms with Gasteiger partial charge in [0, 0.05) is 31.5 Å². The van der Waals surface area contributed by atoms with Crippen molar-refractivity contribution in [3.8, 4) is 0 Å². The molecule has 5 nitrogen and oxygen atoms in total. The van der Waals surface area contributed by atoms with Crippen LogP contribution in [0.15, 0.2) is 10.6 Å². The van der Waals surface area contributed by atoms with Crippen LogP contribution in [0.2, 0.25) is 0 Å². The zero-order valence-electron chi connectivity index (χ0n) is 11.9. The Labute approximate surface area is 125 Å². The number of halogens is 3. The highest BCUT2D eigenvalue weighted by Crippen LogP contribution is 2.41. The lowest BCUT2D eigenvalue weighted by Gasteiger charge is -2.29. The van der Waals surface area contributed by atoms with Crippen molar-refractivity contribution in [1.82, 2.24) is 10.1 Å². The summed E-state index contributed by atoms with van der Waals surface area (Å²) >= 11 is 0. The third-order valence-electron chi connectivity index (χ3n) is 4.36. The molecule has 2 heterocycles. The van der Waals surface area contributed by atoms with Crippen LogP contribution in [0, 0.1) is 0 Å². The number of alkyl halides is 3. The normalized spacial score (nSPS) is 26.8. The predicted molar refractivity (Wildman–Crippen MR) is 69.2 cm³/mol. The summed E-state index contributed by atoms with van der Waals surface area (Å²) in [6.07, 6.45) is -3.49. The quantitative estimate of drug-likeness (QED) is 0.910. The molecular weight excluding hydrogens is 301 g/mol. The molecule has 0 bridgehead atoms. The van der Waals surface area contributed by atoms with Crippen molar-refractivity contribution < 1.29 is 27.6 Å².